The highest BCUT2D eigenvalue weighted by molar-refractivity contribution is 4.59. The van der Waals surface area contributed by atoms with Gasteiger partial charge in [-0.05, 0) is 20.5 Å². The maximum atomic E-state index is 5.43. The smallest absolute Gasteiger partial charge is 0.0705 e. The number of rotatable bonds is 5. The van der Waals surface area contributed by atoms with E-state index in [4.69, 9.17) is 10.5 Å². The first-order chi connectivity index (χ1) is 4.70. The molecule has 1 atom stereocenters. The Hall–Kier alpha value is -0.120. The van der Waals surface area contributed by atoms with Gasteiger partial charge in [0, 0.05) is 20.2 Å². The van der Waals surface area contributed by atoms with Crippen molar-refractivity contribution in [3.63, 3.8) is 0 Å². The number of hydrogen-bond acceptors (Lipinski definition) is 3. The minimum atomic E-state index is 0.224. The maximum absolute atomic E-state index is 5.43. The first-order valence-electron chi connectivity index (χ1n) is 3.58. The Morgan fingerprint density at radius 3 is 2.40 bits per heavy atom. The van der Waals surface area contributed by atoms with Gasteiger partial charge in [0.05, 0.1) is 6.10 Å². The Balaban J connectivity index is 3.26. The molecule has 0 aliphatic heterocycles. The number of nitrogens with two attached hydrogens (primary N) is 1. The Morgan fingerprint density at radius 2 is 2.10 bits per heavy atom. The third-order valence-corrected chi connectivity index (χ3v) is 1.49. The molecule has 0 radical (unpaired) electrons. The lowest BCUT2D eigenvalue weighted by Crippen LogP contribution is -2.27. The first-order valence-corrected chi connectivity index (χ1v) is 3.58. The van der Waals surface area contributed by atoms with E-state index in [0.29, 0.717) is 6.54 Å². The number of nitrogens with zero attached hydrogens (tertiary/aromatic N) is 1. The Morgan fingerprint density at radius 1 is 1.50 bits per heavy atom. The van der Waals surface area contributed by atoms with Crippen molar-refractivity contribution in [1.82, 2.24) is 4.90 Å². The van der Waals surface area contributed by atoms with Gasteiger partial charge in [-0.15, -0.1) is 0 Å². The molecule has 0 rings (SSSR count). The number of hydrogen-bond donors (Lipinski definition) is 1. The van der Waals surface area contributed by atoms with Crippen LogP contribution in [0.5, 0.6) is 0 Å². The van der Waals surface area contributed by atoms with Crippen molar-refractivity contribution in [1.29, 1.82) is 0 Å². The fourth-order valence-corrected chi connectivity index (χ4v) is 0.734. The Bertz CT molecular complexity index is 72.0. The second kappa shape index (κ2) is 5.65. The third-order valence-electron chi connectivity index (χ3n) is 1.49. The molecular formula is C7H18N2O. The zero-order chi connectivity index (χ0) is 7.98. The van der Waals surface area contributed by atoms with Crippen LogP contribution in [0, 0.1) is 0 Å². The van der Waals surface area contributed by atoms with Crippen LogP contribution in [0.15, 0.2) is 0 Å². The van der Waals surface area contributed by atoms with Crippen molar-refractivity contribution in [2.45, 2.75) is 12.5 Å². The topological polar surface area (TPSA) is 38.5 Å². The molecule has 0 amide bonds. The van der Waals surface area contributed by atoms with Crippen LogP contribution in [0.3, 0.4) is 0 Å². The largest absolute Gasteiger partial charge is 0.380 e. The lowest BCUT2D eigenvalue weighted by Gasteiger charge is -2.15. The zero-order valence-corrected chi connectivity index (χ0v) is 7.13. The van der Waals surface area contributed by atoms with Crippen LogP contribution in [-0.4, -0.2) is 45.3 Å². The monoisotopic (exact) mass is 146 g/mol. The number of methoxy groups -OCH3 is 1. The van der Waals surface area contributed by atoms with Crippen LogP contribution >= 0.6 is 0 Å². The summed E-state index contributed by atoms with van der Waals surface area (Å²) < 4.78 is 5.10. The summed E-state index contributed by atoms with van der Waals surface area (Å²) in [5.41, 5.74) is 5.43. The van der Waals surface area contributed by atoms with Crippen LogP contribution in [0.2, 0.25) is 0 Å². The van der Waals surface area contributed by atoms with Crippen LogP contribution in [0.4, 0.5) is 0 Å². The fourth-order valence-electron chi connectivity index (χ4n) is 0.734. The van der Waals surface area contributed by atoms with Gasteiger partial charge in [0.25, 0.3) is 0 Å². The van der Waals surface area contributed by atoms with Crippen LogP contribution in [0.25, 0.3) is 0 Å². The second-order valence-electron chi connectivity index (χ2n) is 2.69. The highest BCUT2D eigenvalue weighted by Crippen LogP contribution is 1.94. The van der Waals surface area contributed by atoms with Crippen molar-refractivity contribution < 1.29 is 4.74 Å². The minimum Gasteiger partial charge on any atom is -0.380 e. The molecule has 0 bridgehead atoms. The highest BCUT2D eigenvalue weighted by atomic mass is 16.5. The Kier molecular flexibility index (Phi) is 5.58. The van der Waals surface area contributed by atoms with Gasteiger partial charge in [-0.1, -0.05) is 0 Å². The molecule has 0 aliphatic carbocycles. The molecule has 1 unspecified atom stereocenters. The standard InChI is InChI=1S/C7H18N2O/c1-9(2)5-4-7(6-8)10-3/h7H,4-6,8H2,1-3H3. The molecule has 62 valence electrons. The van der Waals surface area contributed by atoms with Gasteiger partial charge >= 0.3 is 0 Å². The van der Waals surface area contributed by atoms with E-state index in [-0.39, 0.29) is 6.10 Å². The molecule has 0 spiro atoms. The van der Waals surface area contributed by atoms with Crippen LogP contribution in [-0.2, 0) is 4.74 Å². The van der Waals surface area contributed by atoms with E-state index >= 15 is 0 Å². The van der Waals surface area contributed by atoms with Gasteiger partial charge in [-0.3, -0.25) is 0 Å². The molecule has 0 saturated heterocycles. The number of ether oxygens (including phenoxy) is 1. The predicted octanol–water partition coefficient (Wildman–Crippen LogP) is -0.0882. The average Bonchev–Trinajstić information content (AvgIpc) is 1.90. The molecule has 0 aromatic rings. The van der Waals surface area contributed by atoms with E-state index in [0.717, 1.165) is 13.0 Å². The predicted molar refractivity (Wildman–Crippen MR) is 43.0 cm³/mol. The van der Waals surface area contributed by atoms with Crippen molar-refractivity contribution >= 4 is 0 Å². The molecule has 0 heterocycles. The average molecular weight is 146 g/mol. The van der Waals surface area contributed by atoms with Gasteiger partial charge < -0.3 is 15.4 Å². The molecule has 2 N–H and O–H groups in total. The van der Waals surface area contributed by atoms with Gasteiger partial charge in [0.2, 0.25) is 0 Å². The summed E-state index contributed by atoms with van der Waals surface area (Å²) in [5, 5.41) is 0. The van der Waals surface area contributed by atoms with Crippen molar-refractivity contribution in [2.75, 3.05) is 34.3 Å². The molecule has 0 aliphatic rings. The zero-order valence-electron chi connectivity index (χ0n) is 7.13. The second-order valence-corrected chi connectivity index (χ2v) is 2.69. The van der Waals surface area contributed by atoms with E-state index in [1.807, 2.05) is 14.1 Å². The van der Waals surface area contributed by atoms with Gasteiger partial charge in [-0.2, -0.15) is 0 Å². The Labute approximate surface area is 63.1 Å². The van der Waals surface area contributed by atoms with E-state index in [1.165, 1.54) is 0 Å². The molecule has 0 saturated carbocycles. The molecule has 0 aromatic heterocycles. The lowest BCUT2D eigenvalue weighted by atomic mass is 10.2. The summed E-state index contributed by atoms with van der Waals surface area (Å²) in [6.07, 6.45) is 1.24. The summed E-state index contributed by atoms with van der Waals surface area (Å²) in [4.78, 5) is 2.13. The van der Waals surface area contributed by atoms with Gasteiger partial charge in [0.15, 0.2) is 0 Å². The van der Waals surface area contributed by atoms with Crippen molar-refractivity contribution in [3.05, 3.63) is 0 Å². The van der Waals surface area contributed by atoms with E-state index < -0.39 is 0 Å². The quantitative estimate of drug-likeness (QED) is 0.589. The molecular weight excluding hydrogens is 128 g/mol. The first kappa shape index (κ1) is 9.88. The molecule has 10 heavy (non-hydrogen) atoms. The summed E-state index contributed by atoms with van der Waals surface area (Å²) in [5.74, 6) is 0. The normalized spacial score (nSPS) is 14.1. The molecule has 3 heteroatoms. The van der Waals surface area contributed by atoms with Gasteiger partial charge in [0.1, 0.15) is 0 Å². The molecule has 3 nitrogen and oxygen atoms in total. The minimum absolute atomic E-state index is 0.224. The van der Waals surface area contributed by atoms with Crippen molar-refractivity contribution in [3.8, 4) is 0 Å². The summed E-state index contributed by atoms with van der Waals surface area (Å²) in [7, 11) is 5.79. The third kappa shape index (κ3) is 4.73. The molecule has 0 aromatic carbocycles. The van der Waals surface area contributed by atoms with E-state index in [9.17, 15) is 0 Å². The van der Waals surface area contributed by atoms with E-state index in [2.05, 4.69) is 4.90 Å². The SMILES string of the molecule is COC(CN)CCN(C)C. The summed E-state index contributed by atoms with van der Waals surface area (Å²) in [6.45, 7) is 1.65. The molecule has 0 fully saturated rings. The van der Waals surface area contributed by atoms with Crippen LogP contribution < -0.4 is 5.73 Å². The summed E-state index contributed by atoms with van der Waals surface area (Å²) >= 11 is 0. The fraction of sp³-hybridized carbons (Fsp3) is 1.00. The van der Waals surface area contributed by atoms with Crippen molar-refractivity contribution in [2.24, 2.45) is 5.73 Å². The lowest BCUT2D eigenvalue weighted by molar-refractivity contribution is 0.0950. The van der Waals surface area contributed by atoms with Gasteiger partial charge in [-0.25, -0.2) is 0 Å². The summed E-state index contributed by atoms with van der Waals surface area (Å²) in [6, 6.07) is 0. The maximum Gasteiger partial charge on any atom is 0.0705 e. The highest BCUT2D eigenvalue weighted by Gasteiger charge is 2.03. The van der Waals surface area contributed by atoms with E-state index in [1.54, 1.807) is 7.11 Å². The van der Waals surface area contributed by atoms with Crippen LogP contribution in [0.1, 0.15) is 6.42 Å².